The monoisotopic (exact) mass is 537 g/mol. The molecule has 7 rings (SSSR count). The maximum absolute atomic E-state index is 10.5. The van der Waals surface area contributed by atoms with Crippen LogP contribution >= 0.6 is 0 Å². The summed E-state index contributed by atoms with van der Waals surface area (Å²) in [4.78, 5) is 21.6. The predicted octanol–water partition coefficient (Wildman–Crippen LogP) is 4.23. The number of nitrogens with zero attached hydrogens (tertiary/aromatic N) is 7. The van der Waals surface area contributed by atoms with E-state index in [4.69, 9.17) is 14.7 Å². The maximum Gasteiger partial charge on any atom is 0.318 e. The van der Waals surface area contributed by atoms with Crippen molar-refractivity contribution in [2.45, 2.75) is 44.9 Å². The van der Waals surface area contributed by atoms with E-state index in [9.17, 15) is 5.11 Å². The van der Waals surface area contributed by atoms with Crippen LogP contribution in [0.2, 0.25) is 0 Å². The van der Waals surface area contributed by atoms with Gasteiger partial charge in [0, 0.05) is 48.4 Å². The Labute approximate surface area is 234 Å². The van der Waals surface area contributed by atoms with E-state index in [1.807, 2.05) is 42.6 Å². The molecule has 9 nitrogen and oxygen atoms in total. The van der Waals surface area contributed by atoms with Crippen LogP contribution in [0.3, 0.4) is 0 Å². The lowest BCUT2D eigenvalue weighted by Gasteiger charge is -2.35. The summed E-state index contributed by atoms with van der Waals surface area (Å²) in [5.41, 5.74) is 4.36. The average Bonchev–Trinajstić information content (AvgIpc) is 3.59. The molecule has 9 heteroatoms. The van der Waals surface area contributed by atoms with Crippen molar-refractivity contribution in [3.63, 3.8) is 0 Å². The van der Waals surface area contributed by atoms with Gasteiger partial charge in [0.05, 0.1) is 30.7 Å². The SMILES string of the molecule is C=Cc1ncc2n1CCN(c1nc(OCC3CCCN3C)nc3c1CCN(c1cc(O)cc4ccccc14)C3)C2. The fraction of sp³-hybridized carbons (Fsp3) is 0.387. The molecule has 0 saturated carbocycles. The zero-order valence-corrected chi connectivity index (χ0v) is 23.0. The molecular formula is C31H35N7O2. The summed E-state index contributed by atoms with van der Waals surface area (Å²) in [7, 11) is 2.16. The lowest BCUT2D eigenvalue weighted by atomic mass is 10.0. The molecule has 0 bridgehead atoms. The third-order valence-electron chi connectivity index (χ3n) is 8.66. The lowest BCUT2D eigenvalue weighted by Crippen LogP contribution is -2.38. The number of imidazole rings is 1. The number of phenols is 1. The Kier molecular flexibility index (Phi) is 6.31. The molecule has 0 radical (unpaired) electrons. The predicted molar refractivity (Wildman–Crippen MR) is 157 cm³/mol. The van der Waals surface area contributed by atoms with Gasteiger partial charge in [-0.25, -0.2) is 4.98 Å². The van der Waals surface area contributed by atoms with Crippen molar-refractivity contribution in [3.8, 4) is 11.8 Å². The number of hydrogen-bond acceptors (Lipinski definition) is 8. The van der Waals surface area contributed by atoms with Crippen LogP contribution in [0.25, 0.3) is 16.8 Å². The zero-order chi connectivity index (χ0) is 27.2. The first-order valence-electron chi connectivity index (χ1n) is 14.2. The number of rotatable bonds is 6. The molecule has 206 valence electrons. The van der Waals surface area contributed by atoms with Gasteiger partial charge in [0.15, 0.2) is 0 Å². The van der Waals surface area contributed by atoms with E-state index in [0.717, 1.165) is 85.1 Å². The van der Waals surface area contributed by atoms with Crippen molar-refractivity contribution in [1.29, 1.82) is 0 Å². The topological polar surface area (TPSA) is 82.8 Å². The van der Waals surface area contributed by atoms with Gasteiger partial charge in [-0.2, -0.15) is 9.97 Å². The van der Waals surface area contributed by atoms with Crippen molar-refractivity contribution >= 4 is 28.4 Å². The molecule has 2 aromatic carbocycles. The molecule has 1 N–H and O–H groups in total. The first-order chi connectivity index (χ1) is 19.6. The summed E-state index contributed by atoms with van der Waals surface area (Å²) in [6.45, 7) is 9.45. The van der Waals surface area contributed by atoms with E-state index in [2.05, 4.69) is 43.9 Å². The first kappa shape index (κ1) is 24.9. The fourth-order valence-corrected chi connectivity index (χ4v) is 6.47. The van der Waals surface area contributed by atoms with E-state index in [1.54, 1.807) is 0 Å². The molecule has 1 atom stereocenters. The number of likely N-dealkylation sites (N-methyl/N-ethyl adjacent to an activating group) is 1. The highest BCUT2D eigenvalue weighted by molar-refractivity contribution is 5.95. The van der Waals surface area contributed by atoms with Crippen LogP contribution in [0.5, 0.6) is 11.8 Å². The van der Waals surface area contributed by atoms with Crippen LogP contribution in [-0.4, -0.2) is 68.9 Å². The minimum Gasteiger partial charge on any atom is -0.508 e. The lowest BCUT2D eigenvalue weighted by molar-refractivity contribution is 0.187. The number of aromatic hydroxyl groups is 1. The van der Waals surface area contributed by atoms with Crippen molar-refractivity contribution in [2.24, 2.45) is 0 Å². The summed E-state index contributed by atoms with van der Waals surface area (Å²) in [6.07, 6.45) is 6.90. The summed E-state index contributed by atoms with van der Waals surface area (Å²) in [5, 5.41) is 12.6. The van der Waals surface area contributed by atoms with Crippen LogP contribution in [0, 0.1) is 0 Å². The van der Waals surface area contributed by atoms with Crippen LogP contribution in [0.1, 0.15) is 35.6 Å². The summed E-state index contributed by atoms with van der Waals surface area (Å²) in [5.74, 6) is 2.15. The summed E-state index contributed by atoms with van der Waals surface area (Å²) >= 11 is 0. The van der Waals surface area contributed by atoms with Gasteiger partial charge in [-0.15, -0.1) is 0 Å². The van der Waals surface area contributed by atoms with Gasteiger partial charge in [-0.3, -0.25) is 0 Å². The Morgan fingerprint density at radius 3 is 2.83 bits per heavy atom. The van der Waals surface area contributed by atoms with E-state index < -0.39 is 0 Å². The molecule has 3 aliphatic rings. The van der Waals surface area contributed by atoms with Crippen LogP contribution in [0.4, 0.5) is 11.5 Å². The third-order valence-corrected chi connectivity index (χ3v) is 8.66. The van der Waals surface area contributed by atoms with Gasteiger partial charge in [-0.1, -0.05) is 30.8 Å². The van der Waals surface area contributed by atoms with Crippen LogP contribution in [-0.2, 0) is 26.1 Å². The first-order valence-corrected chi connectivity index (χ1v) is 14.2. The third kappa shape index (κ3) is 4.44. The zero-order valence-electron chi connectivity index (χ0n) is 23.0. The van der Waals surface area contributed by atoms with E-state index in [-0.39, 0.29) is 5.75 Å². The molecule has 1 fully saturated rings. The summed E-state index contributed by atoms with van der Waals surface area (Å²) in [6, 6.07) is 12.7. The fourth-order valence-electron chi connectivity index (χ4n) is 6.47. The van der Waals surface area contributed by atoms with Crippen molar-refractivity contribution < 1.29 is 9.84 Å². The highest BCUT2D eigenvalue weighted by atomic mass is 16.5. The molecule has 0 aliphatic carbocycles. The molecule has 1 unspecified atom stereocenters. The minimum atomic E-state index is 0.274. The molecule has 3 aliphatic heterocycles. The maximum atomic E-state index is 10.5. The van der Waals surface area contributed by atoms with E-state index in [0.29, 0.717) is 25.2 Å². The summed E-state index contributed by atoms with van der Waals surface area (Å²) < 4.78 is 8.53. The Bertz CT molecular complexity index is 1580. The second kappa shape index (κ2) is 10.1. The van der Waals surface area contributed by atoms with Gasteiger partial charge in [0.2, 0.25) is 0 Å². The van der Waals surface area contributed by atoms with E-state index in [1.165, 1.54) is 12.0 Å². The molecule has 0 spiro atoms. The second-order valence-corrected chi connectivity index (χ2v) is 11.1. The Morgan fingerprint density at radius 2 is 1.98 bits per heavy atom. The average molecular weight is 538 g/mol. The number of aromatic nitrogens is 4. The van der Waals surface area contributed by atoms with Gasteiger partial charge in [0.1, 0.15) is 24.0 Å². The molecule has 4 aromatic rings. The number of fused-ring (bicyclic) bond motifs is 3. The van der Waals surface area contributed by atoms with Crippen molar-refractivity contribution in [3.05, 3.63) is 71.9 Å². The van der Waals surface area contributed by atoms with Gasteiger partial charge < -0.3 is 29.1 Å². The van der Waals surface area contributed by atoms with Gasteiger partial charge >= 0.3 is 6.01 Å². The van der Waals surface area contributed by atoms with Crippen molar-refractivity contribution in [1.82, 2.24) is 24.4 Å². The number of ether oxygens (including phenoxy) is 1. The number of benzene rings is 2. The quantitative estimate of drug-likeness (QED) is 0.391. The number of likely N-dealkylation sites (tertiary alicyclic amines) is 1. The van der Waals surface area contributed by atoms with Crippen molar-refractivity contribution in [2.75, 3.05) is 43.1 Å². The molecule has 1 saturated heterocycles. The Morgan fingerprint density at radius 1 is 1.07 bits per heavy atom. The molecular weight excluding hydrogens is 502 g/mol. The molecule has 0 amide bonds. The Hall–Kier alpha value is -4.11. The smallest absolute Gasteiger partial charge is 0.318 e. The minimum absolute atomic E-state index is 0.274. The molecule has 40 heavy (non-hydrogen) atoms. The molecule has 5 heterocycles. The normalized spacial score (nSPS) is 19.1. The highest BCUT2D eigenvalue weighted by Crippen LogP contribution is 2.37. The number of phenolic OH excluding ortho intramolecular Hbond substituents is 1. The molecule has 2 aromatic heterocycles. The van der Waals surface area contributed by atoms with Crippen LogP contribution < -0.4 is 14.5 Å². The highest BCUT2D eigenvalue weighted by Gasteiger charge is 2.30. The van der Waals surface area contributed by atoms with E-state index >= 15 is 0 Å². The standard InChI is InChI=1S/C31H35N7O2/c1-3-29-32-17-23-18-37(13-14-38(23)29)30-26-10-12-36(28-16-24(39)15-21-7-4-5-9-25(21)28)19-27(26)33-31(34-30)40-20-22-8-6-11-35(22)2/h3-5,7,9,15-17,22,39H,1,6,8,10-14,18-20H2,2H3. The van der Waals surface area contributed by atoms with Gasteiger partial charge in [0.25, 0.3) is 0 Å². The number of anilines is 2. The Balaban J connectivity index is 1.24. The second-order valence-electron chi connectivity index (χ2n) is 11.1. The van der Waals surface area contributed by atoms with Gasteiger partial charge in [-0.05, 0) is 50.4 Å². The van der Waals surface area contributed by atoms with Crippen LogP contribution in [0.15, 0.2) is 49.2 Å². The largest absolute Gasteiger partial charge is 0.508 e. The number of hydrogen-bond donors (Lipinski definition) is 1.